The summed E-state index contributed by atoms with van der Waals surface area (Å²) in [4.78, 5) is 2.20. The van der Waals surface area contributed by atoms with Crippen molar-refractivity contribution < 1.29 is 14.2 Å². The van der Waals surface area contributed by atoms with Gasteiger partial charge in [-0.05, 0) is 43.7 Å². The molecule has 0 unspecified atom stereocenters. The molecule has 4 rings (SSSR count). The number of halogens is 2. The van der Waals surface area contributed by atoms with E-state index in [1.54, 1.807) is 35.9 Å². The Kier molecular flexibility index (Phi) is 5.84. The second-order valence-electron chi connectivity index (χ2n) is 7.11. The van der Waals surface area contributed by atoms with E-state index in [-0.39, 0.29) is 12.6 Å². The number of fused-ring (bicyclic) bond motifs is 1. The van der Waals surface area contributed by atoms with Crippen LogP contribution in [0.1, 0.15) is 12.8 Å². The third-order valence-corrected chi connectivity index (χ3v) is 5.53. The van der Waals surface area contributed by atoms with E-state index >= 15 is 0 Å². The van der Waals surface area contributed by atoms with Crippen LogP contribution in [0.5, 0.6) is 5.75 Å². The first-order valence-electron chi connectivity index (χ1n) is 9.57. The molecule has 1 atom stereocenters. The Morgan fingerprint density at radius 3 is 2.97 bits per heavy atom. The molecule has 2 aromatic heterocycles. The fourth-order valence-electron chi connectivity index (χ4n) is 3.80. The van der Waals surface area contributed by atoms with Crippen LogP contribution in [0.3, 0.4) is 0 Å². The van der Waals surface area contributed by atoms with E-state index < -0.39 is 5.82 Å². The number of hydrogen-bond donors (Lipinski definition) is 2. The highest BCUT2D eigenvalue weighted by molar-refractivity contribution is 6.33. The molecule has 0 radical (unpaired) electrons. The van der Waals surface area contributed by atoms with Crippen molar-refractivity contribution >= 4 is 23.1 Å². The molecule has 2 N–H and O–H groups in total. The predicted molar refractivity (Wildman–Crippen MR) is 110 cm³/mol. The monoisotopic (exact) mass is 419 g/mol. The number of hydrogen-bond acceptors (Lipinski definition) is 6. The van der Waals surface area contributed by atoms with Crippen LogP contribution in [0.4, 0.5) is 10.3 Å². The number of likely N-dealkylation sites (tertiary alicyclic amines) is 1. The van der Waals surface area contributed by atoms with Gasteiger partial charge in [-0.2, -0.15) is 0 Å². The van der Waals surface area contributed by atoms with Crippen LogP contribution in [0.25, 0.3) is 16.8 Å². The highest BCUT2D eigenvalue weighted by Crippen LogP contribution is 2.34. The van der Waals surface area contributed by atoms with E-state index in [2.05, 4.69) is 20.4 Å². The highest BCUT2D eigenvalue weighted by atomic mass is 35.5. The standard InChI is InChI=1S/C20H23ClFN5O2/c1-29-14-4-5-15(16(21)11-14)18-19-17(22)6-8-27(19)20(25-24-18)23-13-3-2-7-26(12-13)9-10-28/h4-6,8,11,13,28H,2-3,7,9-10,12H2,1H3,(H,23,25)/t13-/m1/s1. The first kappa shape index (κ1) is 19.9. The SMILES string of the molecule is COc1ccc(-c2nnc(N[C@@H]3CCCN(CCO)C3)n3ccc(F)c23)c(Cl)c1. The molecule has 1 aliphatic heterocycles. The molecule has 7 nitrogen and oxygen atoms in total. The molecule has 1 aliphatic rings. The number of anilines is 1. The molecule has 1 aromatic carbocycles. The lowest BCUT2D eigenvalue weighted by atomic mass is 10.1. The summed E-state index contributed by atoms with van der Waals surface area (Å²) in [5, 5.41) is 21.6. The number of aromatic nitrogens is 3. The van der Waals surface area contributed by atoms with E-state index in [9.17, 15) is 9.50 Å². The third-order valence-electron chi connectivity index (χ3n) is 5.22. The number of nitrogens with one attached hydrogen (secondary N) is 1. The summed E-state index contributed by atoms with van der Waals surface area (Å²) in [5.41, 5.74) is 1.27. The number of piperidine rings is 1. The van der Waals surface area contributed by atoms with Crippen LogP contribution < -0.4 is 10.1 Å². The lowest BCUT2D eigenvalue weighted by molar-refractivity contribution is 0.166. The summed E-state index contributed by atoms with van der Waals surface area (Å²) in [6, 6.07) is 6.71. The molecule has 154 valence electrons. The van der Waals surface area contributed by atoms with Gasteiger partial charge in [0.15, 0.2) is 5.82 Å². The number of aliphatic hydroxyl groups excluding tert-OH is 1. The molecule has 3 aromatic rings. The van der Waals surface area contributed by atoms with Crippen molar-refractivity contribution in [3.8, 4) is 17.0 Å². The van der Waals surface area contributed by atoms with Crippen LogP contribution >= 0.6 is 11.6 Å². The molecule has 1 fully saturated rings. The number of ether oxygens (including phenoxy) is 1. The van der Waals surface area contributed by atoms with Crippen LogP contribution in [-0.2, 0) is 0 Å². The summed E-state index contributed by atoms with van der Waals surface area (Å²) in [6.45, 7) is 2.54. The fourth-order valence-corrected chi connectivity index (χ4v) is 4.06. The van der Waals surface area contributed by atoms with E-state index in [4.69, 9.17) is 16.3 Å². The van der Waals surface area contributed by atoms with Gasteiger partial charge in [-0.1, -0.05) is 11.6 Å². The average molecular weight is 420 g/mol. The van der Waals surface area contributed by atoms with E-state index in [0.717, 1.165) is 25.9 Å². The zero-order valence-corrected chi connectivity index (χ0v) is 16.9. The number of rotatable bonds is 6. The van der Waals surface area contributed by atoms with Gasteiger partial charge in [0.05, 0.1) is 18.7 Å². The Morgan fingerprint density at radius 1 is 1.34 bits per heavy atom. The second kappa shape index (κ2) is 8.52. The van der Waals surface area contributed by atoms with Gasteiger partial charge in [0, 0.05) is 30.9 Å². The van der Waals surface area contributed by atoms with Gasteiger partial charge >= 0.3 is 0 Å². The molecule has 0 spiro atoms. The zero-order valence-electron chi connectivity index (χ0n) is 16.1. The van der Waals surface area contributed by atoms with E-state index in [0.29, 0.717) is 40.0 Å². The Bertz CT molecular complexity index is 1010. The summed E-state index contributed by atoms with van der Waals surface area (Å²) >= 11 is 6.38. The van der Waals surface area contributed by atoms with E-state index in [1.807, 2.05) is 0 Å². The minimum absolute atomic E-state index is 0.136. The van der Waals surface area contributed by atoms with Crippen molar-refractivity contribution in [3.05, 3.63) is 41.3 Å². The quantitative estimate of drug-likeness (QED) is 0.639. The van der Waals surface area contributed by atoms with E-state index in [1.165, 1.54) is 6.07 Å². The van der Waals surface area contributed by atoms with Gasteiger partial charge in [-0.3, -0.25) is 9.30 Å². The molecule has 3 heterocycles. The summed E-state index contributed by atoms with van der Waals surface area (Å²) in [5.74, 6) is 0.699. The smallest absolute Gasteiger partial charge is 0.228 e. The molecule has 0 saturated carbocycles. The molecule has 9 heteroatoms. The third kappa shape index (κ3) is 4.01. The van der Waals surface area contributed by atoms with Crippen molar-refractivity contribution in [1.82, 2.24) is 19.5 Å². The Morgan fingerprint density at radius 2 is 2.21 bits per heavy atom. The zero-order chi connectivity index (χ0) is 20.4. The molecule has 0 amide bonds. The van der Waals surface area contributed by atoms with Crippen LogP contribution in [0.15, 0.2) is 30.5 Å². The maximum absolute atomic E-state index is 14.7. The highest BCUT2D eigenvalue weighted by Gasteiger charge is 2.23. The molecule has 29 heavy (non-hydrogen) atoms. The Hall–Kier alpha value is -2.42. The number of methoxy groups -OCH3 is 1. The van der Waals surface area contributed by atoms with Crippen molar-refractivity contribution in [1.29, 1.82) is 0 Å². The largest absolute Gasteiger partial charge is 0.497 e. The number of aliphatic hydroxyl groups is 1. The topological polar surface area (TPSA) is 74.9 Å². The Labute approximate surface area is 173 Å². The molecule has 1 saturated heterocycles. The maximum Gasteiger partial charge on any atom is 0.228 e. The van der Waals surface area contributed by atoms with Crippen LogP contribution in [0, 0.1) is 5.82 Å². The summed E-state index contributed by atoms with van der Waals surface area (Å²) in [7, 11) is 1.56. The van der Waals surface area contributed by atoms with Crippen molar-refractivity contribution in [3.63, 3.8) is 0 Å². The molecular weight excluding hydrogens is 397 g/mol. The first-order valence-corrected chi connectivity index (χ1v) is 9.95. The van der Waals surface area contributed by atoms with Gasteiger partial charge < -0.3 is 15.2 Å². The summed E-state index contributed by atoms with van der Waals surface area (Å²) < 4.78 is 21.5. The normalized spacial score (nSPS) is 17.6. The van der Waals surface area contributed by atoms with Gasteiger partial charge in [0.2, 0.25) is 5.95 Å². The maximum atomic E-state index is 14.7. The van der Waals surface area contributed by atoms with Crippen LogP contribution in [0.2, 0.25) is 5.02 Å². The number of nitrogens with zero attached hydrogens (tertiary/aromatic N) is 4. The van der Waals surface area contributed by atoms with Gasteiger partial charge in [0.25, 0.3) is 0 Å². The fraction of sp³-hybridized carbons (Fsp3) is 0.400. The van der Waals surface area contributed by atoms with Crippen molar-refractivity contribution in [2.24, 2.45) is 0 Å². The molecule has 0 bridgehead atoms. The lowest BCUT2D eigenvalue weighted by Gasteiger charge is -2.32. The minimum atomic E-state index is -0.393. The number of benzene rings is 1. The minimum Gasteiger partial charge on any atom is -0.497 e. The van der Waals surface area contributed by atoms with Gasteiger partial charge in [0.1, 0.15) is 17.0 Å². The molecule has 0 aliphatic carbocycles. The van der Waals surface area contributed by atoms with Crippen molar-refractivity contribution in [2.75, 3.05) is 38.7 Å². The van der Waals surface area contributed by atoms with Crippen LogP contribution in [-0.4, -0.2) is 64.0 Å². The Balaban J connectivity index is 1.68. The first-order chi connectivity index (χ1) is 14.1. The lowest BCUT2D eigenvalue weighted by Crippen LogP contribution is -2.43. The predicted octanol–water partition coefficient (Wildman–Crippen LogP) is 3.07. The summed E-state index contributed by atoms with van der Waals surface area (Å²) in [6.07, 6.45) is 3.63. The molecular formula is C20H23ClFN5O2. The van der Waals surface area contributed by atoms with Crippen molar-refractivity contribution in [2.45, 2.75) is 18.9 Å². The number of β-amino-alcohol motifs (C(OH)–C–C–N with tert-alkyl or cyclic N) is 1. The van der Waals surface area contributed by atoms with Gasteiger partial charge in [-0.15, -0.1) is 10.2 Å². The average Bonchev–Trinajstić information content (AvgIpc) is 3.11. The second-order valence-corrected chi connectivity index (χ2v) is 7.52. The van der Waals surface area contributed by atoms with Gasteiger partial charge in [-0.25, -0.2) is 4.39 Å².